The van der Waals surface area contributed by atoms with Gasteiger partial charge in [-0.1, -0.05) is 0 Å². The molecular formula is C8H13FN2O3. The number of carbonyl (C=O) groups excluding carboxylic acids is 1. The smallest absolute Gasteiger partial charge is 0.326 e. The number of hydrogen-bond donors (Lipinski definition) is 2. The molecule has 3 N–H and O–H groups in total. The van der Waals surface area contributed by atoms with E-state index >= 15 is 0 Å². The van der Waals surface area contributed by atoms with Gasteiger partial charge in [0, 0.05) is 19.4 Å². The van der Waals surface area contributed by atoms with Crippen molar-refractivity contribution < 1.29 is 19.1 Å². The first kappa shape index (κ1) is 10.9. The van der Waals surface area contributed by atoms with Gasteiger partial charge in [-0.2, -0.15) is 0 Å². The van der Waals surface area contributed by atoms with Gasteiger partial charge in [0.15, 0.2) is 0 Å². The highest BCUT2D eigenvalue weighted by Crippen LogP contribution is 2.21. The topological polar surface area (TPSA) is 83.6 Å². The number of rotatable bonds is 3. The molecule has 1 fully saturated rings. The van der Waals surface area contributed by atoms with E-state index in [1.54, 1.807) is 0 Å². The molecule has 1 aliphatic heterocycles. The number of nitrogens with two attached hydrogens (primary N) is 1. The van der Waals surface area contributed by atoms with Crippen LogP contribution in [0.1, 0.15) is 12.8 Å². The van der Waals surface area contributed by atoms with Crippen molar-refractivity contribution in [3.05, 3.63) is 0 Å². The number of nitrogens with zero attached hydrogens (tertiary/aromatic N) is 1. The Kier molecular flexibility index (Phi) is 3.40. The summed E-state index contributed by atoms with van der Waals surface area (Å²) in [6.45, 7) is 0.0222. The predicted molar refractivity (Wildman–Crippen MR) is 46.3 cm³/mol. The SMILES string of the molecule is NCCC(=O)N1CC(F)CC1C(=O)O. The number of halogens is 1. The minimum absolute atomic E-state index is 0.0660. The summed E-state index contributed by atoms with van der Waals surface area (Å²) in [5.41, 5.74) is 5.16. The first-order valence-electron chi connectivity index (χ1n) is 4.42. The van der Waals surface area contributed by atoms with E-state index in [-0.39, 0.29) is 31.8 Å². The fourth-order valence-corrected chi connectivity index (χ4v) is 1.56. The maximum Gasteiger partial charge on any atom is 0.326 e. The summed E-state index contributed by atoms with van der Waals surface area (Å²) in [6, 6.07) is -1.02. The van der Waals surface area contributed by atoms with Gasteiger partial charge in [-0.25, -0.2) is 9.18 Å². The van der Waals surface area contributed by atoms with Crippen LogP contribution in [0.2, 0.25) is 0 Å². The van der Waals surface area contributed by atoms with Crippen LogP contribution in [0.3, 0.4) is 0 Å². The van der Waals surface area contributed by atoms with E-state index in [2.05, 4.69) is 0 Å². The quantitative estimate of drug-likeness (QED) is 0.640. The van der Waals surface area contributed by atoms with Crippen LogP contribution >= 0.6 is 0 Å². The van der Waals surface area contributed by atoms with E-state index in [0.29, 0.717) is 0 Å². The first-order chi connectivity index (χ1) is 6.56. The molecule has 1 rings (SSSR count). The molecule has 1 saturated heterocycles. The number of amides is 1. The molecule has 80 valence electrons. The Morgan fingerprint density at radius 1 is 1.57 bits per heavy atom. The van der Waals surface area contributed by atoms with Crippen molar-refractivity contribution >= 4 is 11.9 Å². The molecule has 0 spiro atoms. The Balaban J connectivity index is 2.66. The fraction of sp³-hybridized carbons (Fsp3) is 0.750. The highest BCUT2D eigenvalue weighted by Gasteiger charge is 2.39. The summed E-state index contributed by atoms with van der Waals surface area (Å²) in [6.07, 6.45) is -1.29. The zero-order valence-electron chi connectivity index (χ0n) is 7.65. The minimum atomic E-state index is -1.24. The van der Waals surface area contributed by atoms with Crippen LogP contribution in [0.25, 0.3) is 0 Å². The lowest BCUT2D eigenvalue weighted by Crippen LogP contribution is -2.41. The standard InChI is InChI=1S/C8H13FN2O3/c9-5-3-6(8(13)14)11(4-5)7(12)1-2-10/h5-6H,1-4,10H2,(H,13,14). The highest BCUT2D eigenvalue weighted by atomic mass is 19.1. The van der Waals surface area contributed by atoms with Crippen molar-refractivity contribution in [1.29, 1.82) is 0 Å². The minimum Gasteiger partial charge on any atom is -0.480 e. The maximum absolute atomic E-state index is 12.9. The average molecular weight is 204 g/mol. The van der Waals surface area contributed by atoms with Crippen molar-refractivity contribution in [3.63, 3.8) is 0 Å². The van der Waals surface area contributed by atoms with Crippen molar-refractivity contribution in [3.8, 4) is 0 Å². The van der Waals surface area contributed by atoms with Crippen LogP contribution < -0.4 is 5.73 Å². The molecule has 1 amide bonds. The normalized spacial score (nSPS) is 26.6. The number of carbonyl (C=O) groups is 2. The molecule has 2 unspecified atom stereocenters. The molecular weight excluding hydrogens is 191 g/mol. The van der Waals surface area contributed by atoms with Gasteiger partial charge in [0.1, 0.15) is 12.2 Å². The average Bonchev–Trinajstić information content (AvgIpc) is 2.48. The lowest BCUT2D eigenvalue weighted by atomic mass is 10.2. The second-order valence-electron chi connectivity index (χ2n) is 3.27. The number of likely N-dealkylation sites (tertiary alicyclic amines) is 1. The molecule has 14 heavy (non-hydrogen) atoms. The van der Waals surface area contributed by atoms with E-state index in [9.17, 15) is 14.0 Å². The van der Waals surface area contributed by atoms with E-state index in [0.717, 1.165) is 4.90 Å². The molecule has 0 bridgehead atoms. The third-order valence-corrected chi connectivity index (χ3v) is 2.21. The molecule has 0 aliphatic carbocycles. The first-order valence-corrected chi connectivity index (χ1v) is 4.42. The molecule has 0 radical (unpaired) electrons. The number of carboxylic acids is 1. The van der Waals surface area contributed by atoms with Crippen LogP contribution in [0.15, 0.2) is 0 Å². The Labute approximate surface area is 80.7 Å². The summed E-state index contributed by atoms with van der Waals surface area (Å²) < 4.78 is 12.9. The Bertz CT molecular complexity index is 247. The van der Waals surface area contributed by atoms with Gasteiger partial charge in [-0.15, -0.1) is 0 Å². The van der Waals surface area contributed by atoms with Crippen LogP contribution in [0.5, 0.6) is 0 Å². The summed E-state index contributed by atoms with van der Waals surface area (Å²) in [4.78, 5) is 23.1. The van der Waals surface area contributed by atoms with Crippen LogP contribution in [0, 0.1) is 0 Å². The van der Waals surface area contributed by atoms with Gasteiger partial charge < -0.3 is 15.7 Å². The summed E-state index contributed by atoms with van der Waals surface area (Å²) >= 11 is 0. The van der Waals surface area contributed by atoms with Gasteiger partial charge in [-0.3, -0.25) is 4.79 Å². The Morgan fingerprint density at radius 3 is 2.71 bits per heavy atom. The predicted octanol–water partition coefficient (Wildman–Crippen LogP) is -0.641. The van der Waals surface area contributed by atoms with E-state index in [1.165, 1.54) is 0 Å². The number of alkyl halides is 1. The van der Waals surface area contributed by atoms with Crippen molar-refractivity contribution in [2.45, 2.75) is 25.1 Å². The fourth-order valence-electron chi connectivity index (χ4n) is 1.56. The monoisotopic (exact) mass is 204 g/mol. The summed E-state index contributed by atoms with van der Waals surface area (Å²) in [7, 11) is 0. The van der Waals surface area contributed by atoms with Crippen LogP contribution in [0.4, 0.5) is 4.39 Å². The maximum atomic E-state index is 12.9. The molecule has 0 saturated carbocycles. The molecule has 5 nitrogen and oxygen atoms in total. The third-order valence-electron chi connectivity index (χ3n) is 2.21. The van der Waals surface area contributed by atoms with Gasteiger partial charge in [0.25, 0.3) is 0 Å². The Hall–Kier alpha value is -1.17. The number of hydrogen-bond acceptors (Lipinski definition) is 3. The molecule has 1 aliphatic rings. The van der Waals surface area contributed by atoms with Crippen LogP contribution in [-0.4, -0.2) is 47.2 Å². The second-order valence-corrected chi connectivity index (χ2v) is 3.27. The second kappa shape index (κ2) is 4.36. The van der Waals surface area contributed by atoms with Crippen LogP contribution in [-0.2, 0) is 9.59 Å². The molecule has 1 heterocycles. The summed E-state index contributed by atoms with van der Waals surface area (Å²) in [5, 5.41) is 8.73. The van der Waals surface area contributed by atoms with E-state index in [4.69, 9.17) is 10.8 Å². The van der Waals surface area contributed by atoms with Gasteiger partial charge in [-0.05, 0) is 0 Å². The highest BCUT2D eigenvalue weighted by molar-refractivity contribution is 5.84. The van der Waals surface area contributed by atoms with E-state index in [1.807, 2.05) is 0 Å². The molecule has 2 atom stereocenters. The zero-order chi connectivity index (χ0) is 10.7. The lowest BCUT2D eigenvalue weighted by Gasteiger charge is -2.20. The largest absolute Gasteiger partial charge is 0.480 e. The van der Waals surface area contributed by atoms with Crippen molar-refractivity contribution in [2.75, 3.05) is 13.1 Å². The molecule has 0 aromatic carbocycles. The third kappa shape index (κ3) is 2.20. The van der Waals surface area contributed by atoms with Gasteiger partial charge >= 0.3 is 5.97 Å². The van der Waals surface area contributed by atoms with Crippen molar-refractivity contribution in [1.82, 2.24) is 4.90 Å². The molecule has 0 aromatic heterocycles. The van der Waals surface area contributed by atoms with Crippen molar-refractivity contribution in [2.24, 2.45) is 5.73 Å². The van der Waals surface area contributed by atoms with Gasteiger partial charge in [0.2, 0.25) is 5.91 Å². The molecule has 0 aromatic rings. The summed E-state index contributed by atoms with van der Waals surface area (Å²) in [5.74, 6) is -1.55. The number of aliphatic carboxylic acids is 1. The molecule has 6 heteroatoms. The number of carboxylic acid groups (broad SMARTS) is 1. The Morgan fingerprint density at radius 2 is 2.21 bits per heavy atom. The van der Waals surface area contributed by atoms with Gasteiger partial charge in [0.05, 0.1) is 6.54 Å². The lowest BCUT2D eigenvalue weighted by molar-refractivity contribution is -0.148. The zero-order valence-corrected chi connectivity index (χ0v) is 7.65. The van der Waals surface area contributed by atoms with E-state index < -0.39 is 18.2 Å².